The highest BCUT2D eigenvalue weighted by Gasteiger charge is 2.60. The molecule has 4 aliphatic heterocycles. The van der Waals surface area contributed by atoms with Crippen molar-refractivity contribution in [2.24, 2.45) is 0 Å². The number of furan rings is 1. The molecular formula is C80H85BN4O. The van der Waals surface area contributed by atoms with Crippen molar-refractivity contribution in [2.75, 3.05) is 19.6 Å². The van der Waals surface area contributed by atoms with Gasteiger partial charge < -0.3 is 24.0 Å². The summed E-state index contributed by atoms with van der Waals surface area (Å²) in [6.07, 6.45) is 14.2. The fourth-order valence-electron chi connectivity index (χ4n) is 19.7. The van der Waals surface area contributed by atoms with Crippen LogP contribution >= 0.6 is 0 Å². The number of hydrogen-bond acceptors (Lipinski definition) is 5. The first-order valence-electron chi connectivity index (χ1n) is 33.0. The Morgan fingerprint density at radius 3 is 1.48 bits per heavy atom. The number of benzene rings is 8. The summed E-state index contributed by atoms with van der Waals surface area (Å²) in [5.41, 5.74) is 27.3. The largest absolute Gasteiger partial charge is 0.454 e. The fraction of sp³-hybridized carbons (Fsp3) is 0.400. The van der Waals surface area contributed by atoms with E-state index >= 15 is 0 Å². The van der Waals surface area contributed by atoms with Gasteiger partial charge in [0.2, 0.25) is 0 Å². The van der Waals surface area contributed by atoms with Gasteiger partial charge in [0.25, 0.3) is 6.71 Å². The highest BCUT2D eigenvalue weighted by atomic mass is 16.3. The van der Waals surface area contributed by atoms with Crippen molar-refractivity contribution in [3.05, 3.63) is 185 Å². The second-order valence-corrected chi connectivity index (χ2v) is 31.5. The zero-order valence-corrected chi connectivity index (χ0v) is 53.2. The van der Waals surface area contributed by atoms with Gasteiger partial charge in [0.15, 0.2) is 5.58 Å². The molecule has 0 radical (unpaired) electrons. The van der Waals surface area contributed by atoms with Crippen LogP contribution in [0.1, 0.15) is 194 Å². The number of nitrogens with zero attached hydrogens (tertiary/aromatic N) is 4. The van der Waals surface area contributed by atoms with Gasteiger partial charge >= 0.3 is 0 Å². The zero-order chi connectivity index (χ0) is 59.0. The number of fused-ring (bicyclic) bond motifs is 15. The maximum Gasteiger partial charge on any atom is 0.252 e. The molecule has 17 rings (SSSR count). The minimum Gasteiger partial charge on any atom is -0.454 e. The monoisotopic (exact) mass is 1130 g/mol. The van der Waals surface area contributed by atoms with E-state index in [1.807, 2.05) is 0 Å². The van der Waals surface area contributed by atoms with Crippen LogP contribution in [0.15, 0.2) is 156 Å². The quantitative estimate of drug-likeness (QED) is 0.164. The van der Waals surface area contributed by atoms with Crippen LogP contribution in [0.4, 0.5) is 56.9 Å². The van der Waals surface area contributed by atoms with Crippen molar-refractivity contribution >= 4 is 102 Å². The SMILES string of the molecule is CC1(C)CCC(C)(C)c2cc(N3c4cc5c(cc4B4c6ccc(N7c8ccccc8C8(C)CCCCC78C)cc6N(c6cccc7c6oc6ccccc67)c6cc(N7c8ccccc8C8(C)CCCCC78C)cc3c64)C(C)(C)CCC5(C)C)ccc21. The van der Waals surface area contributed by atoms with E-state index in [0.717, 1.165) is 59.7 Å². The van der Waals surface area contributed by atoms with Crippen molar-refractivity contribution in [1.29, 1.82) is 0 Å². The predicted octanol–water partition coefficient (Wildman–Crippen LogP) is 19.9. The topological polar surface area (TPSA) is 26.1 Å². The average Bonchev–Trinajstić information content (AvgIpc) is 1.45. The van der Waals surface area contributed by atoms with Crippen LogP contribution in [-0.4, -0.2) is 17.8 Å². The second kappa shape index (κ2) is 17.3. The Hall–Kier alpha value is -7.18. The van der Waals surface area contributed by atoms with Crippen molar-refractivity contribution < 1.29 is 4.42 Å². The second-order valence-electron chi connectivity index (χ2n) is 31.5. The third-order valence-electron chi connectivity index (χ3n) is 25.3. The van der Waals surface area contributed by atoms with Crippen molar-refractivity contribution in [2.45, 2.75) is 204 Å². The molecule has 434 valence electrons. The Labute approximate surface area is 511 Å². The summed E-state index contributed by atoms with van der Waals surface area (Å²) in [7, 11) is 0. The summed E-state index contributed by atoms with van der Waals surface area (Å²) in [4.78, 5) is 11.1. The van der Waals surface area contributed by atoms with Crippen LogP contribution in [0.5, 0.6) is 0 Å². The Balaban J connectivity index is 1.02. The summed E-state index contributed by atoms with van der Waals surface area (Å²) < 4.78 is 7.28. The number of para-hydroxylation sites is 4. The van der Waals surface area contributed by atoms with Crippen LogP contribution in [0.3, 0.4) is 0 Å². The maximum absolute atomic E-state index is 7.28. The molecule has 0 amide bonds. The molecule has 8 aliphatic rings. The summed E-state index contributed by atoms with van der Waals surface area (Å²) >= 11 is 0. The first kappa shape index (κ1) is 53.1. The lowest BCUT2D eigenvalue weighted by molar-refractivity contribution is 0.195. The smallest absolute Gasteiger partial charge is 0.252 e. The van der Waals surface area contributed by atoms with Gasteiger partial charge in [-0.25, -0.2) is 0 Å². The van der Waals surface area contributed by atoms with E-state index in [4.69, 9.17) is 4.42 Å². The average molecular weight is 1130 g/mol. The highest BCUT2D eigenvalue weighted by molar-refractivity contribution is 7.00. The molecule has 2 saturated carbocycles. The number of anilines is 10. The molecular weight excluding hydrogens is 1040 g/mol. The summed E-state index contributed by atoms with van der Waals surface area (Å²) in [5, 5.41) is 2.29. The van der Waals surface area contributed by atoms with Crippen LogP contribution in [0.2, 0.25) is 0 Å². The molecule has 9 aromatic rings. The Morgan fingerprint density at radius 1 is 0.337 bits per heavy atom. The Bertz CT molecular complexity index is 4410. The van der Waals surface area contributed by atoms with E-state index in [1.165, 1.54) is 146 Å². The molecule has 0 bridgehead atoms. The van der Waals surface area contributed by atoms with Gasteiger partial charge in [-0.3, -0.25) is 0 Å². The predicted molar refractivity (Wildman–Crippen MR) is 364 cm³/mol. The van der Waals surface area contributed by atoms with E-state index in [9.17, 15) is 0 Å². The van der Waals surface area contributed by atoms with Gasteiger partial charge in [-0.15, -0.1) is 0 Å². The molecule has 0 saturated heterocycles. The van der Waals surface area contributed by atoms with Crippen LogP contribution in [0.25, 0.3) is 21.9 Å². The molecule has 86 heavy (non-hydrogen) atoms. The third kappa shape index (κ3) is 6.75. The van der Waals surface area contributed by atoms with Crippen LogP contribution < -0.4 is 36.0 Å². The van der Waals surface area contributed by atoms with E-state index in [0.29, 0.717) is 0 Å². The first-order valence-corrected chi connectivity index (χ1v) is 33.0. The fourth-order valence-corrected chi connectivity index (χ4v) is 19.7. The molecule has 1 aromatic heterocycles. The lowest BCUT2D eigenvalue weighted by Gasteiger charge is -2.52. The molecule has 2 fully saturated rings. The Morgan fingerprint density at radius 2 is 0.826 bits per heavy atom. The molecule has 8 aromatic carbocycles. The summed E-state index contributed by atoms with van der Waals surface area (Å²) in [6.45, 7) is 30.3. The maximum atomic E-state index is 7.28. The third-order valence-corrected chi connectivity index (χ3v) is 25.3. The van der Waals surface area contributed by atoms with E-state index in [1.54, 1.807) is 0 Å². The molecule has 0 spiro atoms. The minimum absolute atomic E-state index is 0.0000967. The van der Waals surface area contributed by atoms with Crippen molar-refractivity contribution in [1.82, 2.24) is 0 Å². The van der Waals surface area contributed by atoms with E-state index in [2.05, 4.69) is 254 Å². The van der Waals surface area contributed by atoms with Crippen LogP contribution in [0, 0.1) is 0 Å². The molecule has 4 aliphatic carbocycles. The van der Waals surface area contributed by atoms with Gasteiger partial charge in [0.05, 0.1) is 16.8 Å². The van der Waals surface area contributed by atoms with Gasteiger partial charge in [0, 0.05) is 72.8 Å². The van der Waals surface area contributed by atoms with Crippen LogP contribution in [-0.2, 0) is 32.5 Å². The van der Waals surface area contributed by atoms with E-state index in [-0.39, 0.29) is 50.3 Å². The highest BCUT2D eigenvalue weighted by Crippen LogP contribution is 2.64. The number of rotatable bonds is 4. The van der Waals surface area contributed by atoms with Gasteiger partial charge in [-0.1, -0.05) is 180 Å². The van der Waals surface area contributed by atoms with Crippen molar-refractivity contribution in [3.8, 4) is 0 Å². The lowest BCUT2D eigenvalue weighted by atomic mass is 9.33. The standard InChI is InChI=1S/C80H85BN4O/c1-73(2)40-41-74(3,4)58-44-50(32-34-55(58)73)82-67-49-60-59(75(5,6)42-43-76(60,7)8)48-62(67)81-61-35-33-51(84-63-28-16-14-26-56(63)77(9)36-19-21-38-79(77,84)11)45-66(61)83(65-30-23-25-54-53-24-13-18-31-70(53)86-72(54)65)69-47-52(46-68(82)71(69)81)85-64-29-17-15-27-57(64)78(10)37-20-22-39-80(78,85)12/h13-18,23-35,44-49H,19-22,36-43H2,1-12H3. The zero-order valence-electron chi connectivity index (χ0n) is 53.2. The molecule has 0 N–H and O–H groups in total. The molecule has 6 heteroatoms. The molecule has 4 unspecified atom stereocenters. The van der Waals surface area contributed by atoms with E-state index < -0.39 is 0 Å². The summed E-state index contributed by atoms with van der Waals surface area (Å²) in [5.74, 6) is 0. The van der Waals surface area contributed by atoms with Gasteiger partial charge in [-0.2, -0.15) is 0 Å². The normalized spacial score (nSPS) is 26.5. The number of hydrogen-bond donors (Lipinski definition) is 0. The van der Waals surface area contributed by atoms with Gasteiger partial charge in [-0.05, 0) is 203 Å². The Kier molecular flexibility index (Phi) is 10.7. The summed E-state index contributed by atoms with van der Waals surface area (Å²) in [6, 6.07) is 60.7. The molecule has 4 atom stereocenters. The van der Waals surface area contributed by atoms with Crippen molar-refractivity contribution in [3.63, 3.8) is 0 Å². The molecule has 5 nitrogen and oxygen atoms in total. The lowest BCUT2D eigenvalue weighted by Crippen LogP contribution is -2.62. The molecule has 5 heterocycles. The minimum atomic E-state index is -0.169. The first-order chi connectivity index (χ1) is 41.1. The van der Waals surface area contributed by atoms with Gasteiger partial charge in [0.1, 0.15) is 5.58 Å².